The van der Waals surface area contributed by atoms with Crippen LogP contribution in [-0.4, -0.2) is 31.0 Å². The van der Waals surface area contributed by atoms with E-state index in [0.29, 0.717) is 29.4 Å². The quantitative estimate of drug-likeness (QED) is 0.380. The molecule has 0 bridgehead atoms. The monoisotopic (exact) mass is 456 g/mol. The molecule has 0 spiro atoms. The molecule has 0 radical (unpaired) electrons. The van der Waals surface area contributed by atoms with E-state index >= 15 is 0 Å². The fraction of sp³-hybridized carbons (Fsp3) is 0.120. The number of para-hydroxylation sites is 1. The van der Waals surface area contributed by atoms with E-state index in [1.54, 1.807) is 33.7 Å². The van der Waals surface area contributed by atoms with Crippen molar-refractivity contribution in [1.29, 1.82) is 0 Å². The third kappa shape index (κ3) is 4.36. The van der Waals surface area contributed by atoms with Crippen LogP contribution in [0, 0.1) is 6.92 Å². The van der Waals surface area contributed by atoms with Crippen molar-refractivity contribution >= 4 is 39.9 Å². The predicted molar refractivity (Wildman–Crippen MR) is 129 cm³/mol. The first kappa shape index (κ1) is 20.9. The summed E-state index contributed by atoms with van der Waals surface area (Å²) < 4.78 is 1.75. The zero-order valence-electron chi connectivity index (χ0n) is 17.9. The highest BCUT2D eigenvalue weighted by Crippen LogP contribution is 2.24. The van der Waals surface area contributed by atoms with Gasteiger partial charge in [0.15, 0.2) is 5.65 Å². The summed E-state index contributed by atoms with van der Waals surface area (Å²) in [7, 11) is 0. The number of carbonyl (C=O) groups excluding carboxylic acids is 1. The van der Waals surface area contributed by atoms with Crippen LogP contribution in [0.3, 0.4) is 0 Å². The summed E-state index contributed by atoms with van der Waals surface area (Å²) in [5.74, 6) is 0. The van der Waals surface area contributed by atoms with Crippen LogP contribution in [0.25, 0.3) is 16.6 Å². The average Bonchev–Trinajstić information content (AvgIpc) is 3.31. The summed E-state index contributed by atoms with van der Waals surface area (Å²) in [4.78, 5) is 15.1. The van der Waals surface area contributed by atoms with Crippen LogP contribution >= 0.6 is 11.6 Å². The number of urea groups is 1. The molecular formula is C25H21ClN6O. The number of nitrogens with one attached hydrogen (secondary N) is 1. The Hall–Kier alpha value is -3.97. The Kier molecular flexibility index (Phi) is 5.62. The molecule has 2 aromatic heterocycles. The lowest BCUT2D eigenvalue weighted by Crippen LogP contribution is -2.34. The Morgan fingerprint density at radius 2 is 1.79 bits per heavy atom. The van der Waals surface area contributed by atoms with Crippen LogP contribution in [0.15, 0.2) is 78.9 Å². The van der Waals surface area contributed by atoms with E-state index in [9.17, 15) is 4.79 Å². The lowest BCUT2D eigenvalue weighted by molar-refractivity contribution is 0.206. The number of pyridine rings is 1. The molecule has 2 heterocycles. The van der Waals surface area contributed by atoms with E-state index in [1.165, 1.54) is 0 Å². The van der Waals surface area contributed by atoms with Crippen molar-refractivity contribution in [1.82, 2.24) is 24.9 Å². The molecule has 0 unspecified atom stereocenters. The first-order valence-electron chi connectivity index (χ1n) is 10.5. The van der Waals surface area contributed by atoms with E-state index in [0.717, 1.165) is 27.6 Å². The summed E-state index contributed by atoms with van der Waals surface area (Å²) in [5.41, 5.74) is 5.23. The maximum atomic E-state index is 13.3. The molecule has 5 rings (SSSR count). The molecule has 0 saturated heterocycles. The molecule has 2 amide bonds. The van der Waals surface area contributed by atoms with Crippen molar-refractivity contribution in [2.75, 3.05) is 5.32 Å². The van der Waals surface area contributed by atoms with Crippen LogP contribution in [-0.2, 0) is 13.1 Å². The average molecular weight is 457 g/mol. The number of halogens is 1. The molecule has 0 aliphatic carbocycles. The number of rotatable bonds is 5. The van der Waals surface area contributed by atoms with Gasteiger partial charge in [-0.2, -0.15) is 4.52 Å². The molecule has 0 aliphatic rings. The van der Waals surface area contributed by atoms with Crippen LogP contribution in [0.1, 0.15) is 16.7 Å². The molecule has 3 aromatic carbocycles. The van der Waals surface area contributed by atoms with Gasteiger partial charge in [0.2, 0.25) is 0 Å². The number of tetrazole rings is 1. The molecule has 0 aliphatic heterocycles. The third-order valence-corrected chi connectivity index (χ3v) is 5.78. The fourth-order valence-electron chi connectivity index (χ4n) is 3.94. The number of benzene rings is 3. The lowest BCUT2D eigenvalue weighted by atomic mass is 10.1. The summed E-state index contributed by atoms with van der Waals surface area (Å²) in [6, 6.07) is 24.8. The molecular weight excluding hydrogens is 436 g/mol. The Morgan fingerprint density at radius 1 is 1.00 bits per heavy atom. The topological polar surface area (TPSA) is 75.4 Å². The van der Waals surface area contributed by atoms with Gasteiger partial charge in [0.1, 0.15) is 0 Å². The Balaban J connectivity index is 1.52. The van der Waals surface area contributed by atoms with E-state index in [1.807, 2.05) is 55.5 Å². The SMILES string of the molecule is Cc1cccc2cc(CN(Cc3ccccc3)C(=O)Nc3ccc(Cl)cc3)c3nnnn3c12. The van der Waals surface area contributed by atoms with Gasteiger partial charge >= 0.3 is 6.03 Å². The van der Waals surface area contributed by atoms with Crippen LogP contribution < -0.4 is 5.32 Å². The van der Waals surface area contributed by atoms with Gasteiger partial charge in [0.25, 0.3) is 0 Å². The first-order valence-corrected chi connectivity index (χ1v) is 10.9. The number of anilines is 1. The second-order valence-electron chi connectivity index (χ2n) is 7.88. The number of hydrogen-bond acceptors (Lipinski definition) is 4. The molecule has 33 heavy (non-hydrogen) atoms. The molecule has 5 aromatic rings. The summed E-state index contributed by atoms with van der Waals surface area (Å²) in [6.07, 6.45) is 0. The van der Waals surface area contributed by atoms with Gasteiger partial charge in [-0.25, -0.2) is 4.79 Å². The molecule has 8 heteroatoms. The van der Waals surface area contributed by atoms with E-state index in [-0.39, 0.29) is 6.03 Å². The zero-order chi connectivity index (χ0) is 22.8. The van der Waals surface area contributed by atoms with Crippen molar-refractivity contribution in [3.05, 3.63) is 101 Å². The van der Waals surface area contributed by atoms with Crippen LogP contribution in [0.2, 0.25) is 5.02 Å². The first-order chi connectivity index (χ1) is 16.1. The fourth-order valence-corrected chi connectivity index (χ4v) is 4.06. The third-order valence-electron chi connectivity index (χ3n) is 5.53. The highest BCUT2D eigenvalue weighted by atomic mass is 35.5. The maximum Gasteiger partial charge on any atom is 0.322 e. The standard InChI is InChI=1S/C25H21ClN6O/c1-17-6-5-9-19-14-20(24-28-29-30-32(24)23(17)19)16-31(15-18-7-3-2-4-8-18)25(33)27-22-12-10-21(26)11-13-22/h2-14H,15-16H2,1H3,(H,27,33). The largest absolute Gasteiger partial charge is 0.322 e. The van der Waals surface area contributed by atoms with Gasteiger partial charge < -0.3 is 10.2 Å². The number of aromatic nitrogens is 4. The Bertz CT molecular complexity index is 1430. The molecule has 0 fully saturated rings. The minimum Gasteiger partial charge on any atom is -0.316 e. The summed E-state index contributed by atoms with van der Waals surface area (Å²) >= 11 is 5.98. The number of aryl methyl sites for hydroxylation is 1. The molecule has 0 saturated carbocycles. The molecule has 164 valence electrons. The van der Waals surface area contributed by atoms with E-state index in [4.69, 9.17) is 11.6 Å². The second-order valence-corrected chi connectivity index (χ2v) is 8.31. The van der Waals surface area contributed by atoms with Gasteiger partial charge in [-0.05, 0) is 58.8 Å². The van der Waals surface area contributed by atoms with Gasteiger partial charge in [-0.3, -0.25) is 0 Å². The highest BCUT2D eigenvalue weighted by Gasteiger charge is 2.19. The predicted octanol–water partition coefficient (Wildman–Crippen LogP) is 5.47. The second kappa shape index (κ2) is 8.88. The van der Waals surface area contributed by atoms with Crippen molar-refractivity contribution in [3.8, 4) is 0 Å². The van der Waals surface area contributed by atoms with E-state index in [2.05, 4.69) is 26.9 Å². The van der Waals surface area contributed by atoms with Crippen molar-refractivity contribution in [2.24, 2.45) is 0 Å². The van der Waals surface area contributed by atoms with Crippen LogP contribution in [0.4, 0.5) is 10.5 Å². The lowest BCUT2D eigenvalue weighted by Gasteiger charge is -2.24. The molecule has 1 N–H and O–H groups in total. The van der Waals surface area contributed by atoms with Gasteiger partial charge in [-0.1, -0.05) is 60.1 Å². The summed E-state index contributed by atoms with van der Waals surface area (Å²) in [5, 5.41) is 17.0. The van der Waals surface area contributed by atoms with Crippen LogP contribution in [0.5, 0.6) is 0 Å². The molecule has 0 atom stereocenters. The number of carbonyl (C=O) groups is 1. The Labute approximate surface area is 195 Å². The minimum absolute atomic E-state index is 0.226. The van der Waals surface area contributed by atoms with E-state index < -0.39 is 0 Å². The smallest absolute Gasteiger partial charge is 0.316 e. The highest BCUT2D eigenvalue weighted by molar-refractivity contribution is 6.30. The van der Waals surface area contributed by atoms with Gasteiger partial charge in [-0.15, -0.1) is 5.10 Å². The van der Waals surface area contributed by atoms with Crippen molar-refractivity contribution in [3.63, 3.8) is 0 Å². The summed E-state index contributed by atoms with van der Waals surface area (Å²) in [6.45, 7) is 2.80. The number of hydrogen-bond donors (Lipinski definition) is 1. The maximum absolute atomic E-state index is 13.3. The molecule has 7 nitrogen and oxygen atoms in total. The Morgan fingerprint density at radius 3 is 2.58 bits per heavy atom. The number of amides is 2. The normalized spacial score (nSPS) is 11.1. The minimum atomic E-state index is -0.226. The van der Waals surface area contributed by atoms with Gasteiger partial charge in [0, 0.05) is 28.2 Å². The number of fused-ring (bicyclic) bond motifs is 3. The van der Waals surface area contributed by atoms with Crippen molar-refractivity contribution in [2.45, 2.75) is 20.0 Å². The number of nitrogens with zero attached hydrogens (tertiary/aromatic N) is 5. The zero-order valence-corrected chi connectivity index (χ0v) is 18.7. The van der Waals surface area contributed by atoms with Crippen molar-refractivity contribution < 1.29 is 4.79 Å². The van der Waals surface area contributed by atoms with Gasteiger partial charge in [0.05, 0.1) is 12.1 Å².